The molecule has 0 saturated heterocycles. The van der Waals surface area contributed by atoms with Crippen LogP contribution in [-0.4, -0.2) is 0 Å². The molecule has 0 nitrogen and oxygen atoms in total. The molecule has 0 aromatic heterocycles. The van der Waals surface area contributed by atoms with Gasteiger partial charge in [-0.1, -0.05) is 13.8 Å². The third-order valence-corrected chi connectivity index (χ3v) is 0. The third kappa shape index (κ3) is 163. The Morgan fingerprint density at radius 3 is 0.733 bits per heavy atom. The summed E-state index contributed by atoms with van der Waals surface area (Å²) in [5, 5.41) is 0. The molecule has 15 heavy (non-hydrogen) atoms. The van der Waals surface area contributed by atoms with Crippen LogP contribution in [0.1, 0.15) is 27.7 Å². The Bertz CT molecular complexity index is 25.8. The second kappa shape index (κ2) is 70.4. The normalized spacial score (nSPS) is 3.60. The summed E-state index contributed by atoms with van der Waals surface area (Å²) >= 11 is 0. The van der Waals surface area contributed by atoms with Crippen molar-refractivity contribution in [3.05, 3.63) is 28.2 Å². The Kier molecular flexibility index (Phi) is 319. The van der Waals surface area contributed by atoms with E-state index < -0.39 is 0 Å². The summed E-state index contributed by atoms with van der Waals surface area (Å²) in [5.41, 5.74) is 0. The zero-order chi connectivity index (χ0) is 6.28. The van der Waals surface area contributed by atoms with Crippen LogP contribution in [0.2, 0.25) is 0 Å². The van der Waals surface area contributed by atoms with Crippen molar-refractivity contribution in [3.63, 3.8) is 0 Å². The van der Waals surface area contributed by atoms with Gasteiger partial charge in [-0.3, -0.25) is 0 Å². The zero-order valence-electron chi connectivity index (χ0n) is 11.3. The van der Waals surface area contributed by atoms with Crippen LogP contribution in [0.4, 0.5) is 0 Å². The summed E-state index contributed by atoms with van der Waals surface area (Å²) in [6, 6.07) is 0. The molecule has 0 rings (SSSR count). The second-order valence-electron chi connectivity index (χ2n) is 1.97. The average Bonchev–Trinajstić information content (AvgIpc) is 1.33. The van der Waals surface area contributed by atoms with Crippen molar-refractivity contribution >= 4 is 0 Å². The van der Waals surface area contributed by atoms with E-state index in [1.165, 1.54) is 0 Å². The van der Waals surface area contributed by atoms with Crippen molar-refractivity contribution < 1.29 is 196 Å². The largest absolute Gasteiger partial charge is 0.358 e. The summed E-state index contributed by atoms with van der Waals surface area (Å²) < 4.78 is 0. The van der Waals surface area contributed by atoms with E-state index in [-0.39, 0.29) is 211 Å². The molecule has 0 heterocycles. The predicted molar refractivity (Wildman–Crippen MR) is 48.7 cm³/mol. The van der Waals surface area contributed by atoms with Gasteiger partial charge < -0.3 is 28.2 Å². The van der Waals surface area contributed by atoms with Crippen LogP contribution in [0, 0.1) is 34.1 Å². The van der Waals surface area contributed by atoms with E-state index >= 15 is 0 Å². The minimum Gasteiger partial charge on any atom is -0.358 e. The van der Waals surface area contributed by atoms with Crippen molar-refractivity contribution in [1.29, 1.82) is 0 Å². The second-order valence-corrected chi connectivity index (χ2v) is 1.97. The molecule has 0 aliphatic rings. The third-order valence-electron chi connectivity index (χ3n) is 0. The number of rotatable bonds is 0. The molecule has 0 spiro atoms. The molecular weight excluding hydrogens is 642 g/mol. The number of hydrogen-bond acceptors (Lipinski definition) is 0. The minimum absolute atomic E-state index is 0. The maximum absolute atomic E-state index is 3.64. The van der Waals surface area contributed by atoms with Gasteiger partial charge in [0.15, 0.2) is 0 Å². The quantitative estimate of drug-likeness (QED) is 0.348. The van der Waals surface area contributed by atoms with Crippen molar-refractivity contribution in [1.82, 2.24) is 0 Å². The predicted octanol–water partition coefficient (Wildman–Crippen LogP) is 3.59. The molecule has 0 amide bonds. The van der Waals surface area contributed by atoms with Crippen molar-refractivity contribution in [3.8, 4) is 0 Å². The summed E-state index contributed by atoms with van der Waals surface area (Å²) in [7, 11) is 0. The van der Waals surface area contributed by atoms with E-state index in [4.69, 9.17) is 0 Å². The van der Waals surface area contributed by atoms with E-state index in [1.807, 2.05) is 20.3 Å². The van der Waals surface area contributed by atoms with Gasteiger partial charge in [0.25, 0.3) is 0 Å². The van der Waals surface area contributed by atoms with Gasteiger partial charge in [0, 0.05) is 196 Å². The van der Waals surface area contributed by atoms with Gasteiger partial charge in [-0.2, -0.15) is 19.8 Å². The molecule has 0 bridgehead atoms. The smallest absolute Gasteiger partial charge is 0 e. The van der Waals surface area contributed by atoms with Gasteiger partial charge in [0.2, 0.25) is 0 Å². The molecule has 0 saturated carbocycles. The van der Waals surface area contributed by atoms with Gasteiger partial charge in [-0.15, -0.1) is 0 Å². The maximum Gasteiger partial charge on any atom is 0 e. The summed E-state index contributed by atoms with van der Waals surface area (Å²) in [6.45, 7) is 11.8. The van der Waals surface area contributed by atoms with Crippen molar-refractivity contribution in [2.45, 2.75) is 27.7 Å². The molecule has 80 valence electrons. The van der Waals surface area contributed by atoms with E-state index in [2.05, 4.69) is 20.8 Å². The van der Waals surface area contributed by atoms with Crippen molar-refractivity contribution in [2.75, 3.05) is 0 Å². The molecule has 0 aromatic carbocycles. The standard InChI is InChI=1S/C4H9.C3H7.2CH3.6Y/c1-4(2)3;1-3-2;;;;;;;;/h4H,1H2,2-3H3;3H,1-2H3;2*1H3;;;;;;/q4*-1;;;;;;. The maximum atomic E-state index is 3.64. The zero-order valence-corrected chi connectivity index (χ0v) is 28.4. The van der Waals surface area contributed by atoms with Gasteiger partial charge in [-0.05, 0) is 0 Å². The number of hydrogen-bond donors (Lipinski definition) is 0. The van der Waals surface area contributed by atoms with Crippen molar-refractivity contribution in [2.24, 2.45) is 5.92 Å². The van der Waals surface area contributed by atoms with Gasteiger partial charge in [0.05, 0.1) is 0 Å². The summed E-state index contributed by atoms with van der Waals surface area (Å²) in [5.74, 6) is 0.583. The van der Waals surface area contributed by atoms with Crippen LogP contribution in [0.25, 0.3) is 0 Å². The Morgan fingerprint density at radius 1 is 0.733 bits per heavy atom. The van der Waals surface area contributed by atoms with E-state index in [1.54, 1.807) is 0 Å². The summed E-state index contributed by atoms with van der Waals surface area (Å²) in [4.78, 5) is 0. The first-order valence-electron chi connectivity index (χ1n) is 2.72. The topological polar surface area (TPSA) is 0 Å². The fourth-order valence-electron chi connectivity index (χ4n) is 0. The van der Waals surface area contributed by atoms with Gasteiger partial charge >= 0.3 is 0 Å². The summed E-state index contributed by atoms with van der Waals surface area (Å²) in [6.07, 6.45) is 2.00. The van der Waals surface area contributed by atoms with Crippen LogP contribution in [0.3, 0.4) is 0 Å². The minimum atomic E-state index is 0. The Hall–Kier alpha value is 6.62. The van der Waals surface area contributed by atoms with Gasteiger partial charge in [-0.25, -0.2) is 0 Å². The fourth-order valence-corrected chi connectivity index (χ4v) is 0. The van der Waals surface area contributed by atoms with E-state index in [0.717, 1.165) is 0 Å². The van der Waals surface area contributed by atoms with E-state index in [0.29, 0.717) is 5.92 Å². The van der Waals surface area contributed by atoms with Crippen LogP contribution < -0.4 is 0 Å². The Balaban J connectivity index is -0.00000000275. The molecule has 0 unspecified atom stereocenters. The Morgan fingerprint density at radius 2 is 0.733 bits per heavy atom. The molecule has 0 fully saturated rings. The van der Waals surface area contributed by atoms with Crippen LogP contribution >= 0.6 is 0 Å². The molecule has 0 aliphatic heterocycles. The first-order chi connectivity index (χ1) is 3.15. The molecule has 0 aromatic rings. The average molecular weight is 664 g/mol. The first-order valence-corrected chi connectivity index (χ1v) is 2.72. The molecule has 0 N–H and O–H groups in total. The van der Waals surface area contributed by atoms with E-state index in [9.17, 15) is 0 Å². The van der Waals surface area contributed by atoms with Gasteiger partial charge in [0.1, 0.15) is 0 Å². The van der Waals surface area contributed by atoms with Crippen LogP contribution in [0.5, 0.6) is 0 Å². The van der Waals surface area contributed by atoms with Crippen LogP contribution in [0.15, 0.2) is 0 Å². The Labute approximate surface area is 251 Å². The van der Waals surface area contributed by atoms with Crippen LogP contribution in [-0.2, 0) is 196 Å². The molecule has 0 aliphatic carbocycles. The molecular formula is C9H22Y6-4. The molecule has 6 radical (unpaired) electrons. The monoisotopic (exact) mass is 664 g/mol. The fraction of sp³-hybridized carbons (Fsp3) is 0.556. The SMILES string of the molecule is C[CH-]C.[CH2-]C(C)C.[CH3-].[CH3-].[Y].[Y].[Y].[Y].[Y].[Y]. The molecule has 6 heteroatoms. The first kappa shape index (κ1) is 68.1. The molecule has 0 atom stereocenters.